The molecule has 0 fully saturated rings. The standard InChI is InChI=1S/C5H5N3.C2H6/c1-8-4-5(2-6)3-7-8;1-2/h3-4H,1H3;1-2H3. The third-order valence-electron chi connectivity index (χ3n) is 0.834. The molecule has 0 N–H and O–H groups in total. The number of nitriles is 1. The van der Waals surface area contributed by atoms with Gasteiger partial charge in [0.05, 0.1) is 11.8 Å². The molecule has 1 aromatic heterocycles. The van der Waals surface area contributed by atoms with Crippen LogP contribution in [-0.4, -0.2) is 9.78 Å². The first kappa shape index (κ1) is 8.70. The summed E-state index contributed by atoms with van der Waals surface area (Å²) < 4.78 is 1.60. The van der Waals surface area contributed by atoms with Crippen molar-refractivity contribution in [2.24, 2.45) is 7.05 Å². The van der Waals surface area contributed by atoms with Crippen LogP contribution >= 0.6 is 0 Å². The highest BCUT2D eigenvalue weighted by Gasteiger charge is 1.88. The van der Waals surface area contributed by atoms with Gasteiger partial charge in [0, 0.05) is 13.2 Å². The molecule has 0 unspecified atom stereocenters. The topological polar surface area (TPSA) is 41.6 Å². The quantitative estimate of drug-likeness (QED) is 0.541. The number of hydrogen-bond acceptors (Lipinski definition) is 2. The molecule has 1 aromatic rings. The fraction of sp³-hybridized carbons (Fsp3) is 0.429. The largest absolute Gasteiger partial charge is 0.274 e. The van der Waals surface area contributed by atoms with E-state index in [1.807, 2.05) is 19.9 Å². The fourth-order valence-electron chi connectivity index (χ4n) is 0.479. The summed E-state index contributed by atoms with van der Waals surface area (Å²) in [6.45, 7) is 4.00. The predicted octanol–water partition coefficient (Wildman–Crippen LogP) is 1.32. The molecule has 0 aliphatic heterocycles. The number of aryl methyl sites for hydroxylation is 1. The zero-order valence-electron chi connectivity index (χ0n) is 6.50. The zero-order valence-corrected chi connectivity index (χ0v) is 6.50. The Morgan fingerprint density at radius 2 is 2.20 bits per heavy atom. The molecule has 0 aliphatic rings. The highest BCUT2D eigenvalue weighted by Crippen LogP contribution is 1.89. The van der Waals surface area contributed by atoms with Gasteiger partial charge in [-0.3, -0.25) is 4.68 Å². The lowest BCUT2D eigenvalue weighted by Gasteiger charge is -1.77. The molecule has 1 heterocycles. The van der Waals surface area contributed by atoms with E-state index in [1.54, 1.807) is 17.9 Å². The molecule has 10 heavy (non-hydrogen) atoms. The molecule has 1 rings (SSSR count). The minimum absolute atomic E-state index is 0.604. The van der Waals surface area contributed by atoms with E-state index >= 15 is 0 Å². The lowest BCUT2D eigenvalue weighted by Crippen LogP contribution is -1.83. The van der Waals surface area contributed by atoms with Gasteiger partial charge in [-0.25, -0.2) is 0 Å². The van der Waals surface area contributed by atoms with Crippen LogP contribution in [0.25, 0.3) is 0 Å². The maximum absolute atomic E-state index is 8.25. The van der Waals surface area contributed by atoms with Gasteiger partial charge in [-0.05, 0) is 0 Å². The maximum Gasteiger partial charge on any atom is 0.102 e. The Bertz CT molecular complexity index is 219. The van der Waals surface area contributed by atoms with Crippen molar-refractivity contribution in [1.82, 2.24) is 9.78 Å². The van der Waals surface area contributed by atoms with Crippen LogP contribution in [0.5, 0.6) is 0 Å². The van der Waals surface area contributed by atoms with Gasteiger partial charge in [0.2, 0.25) is 0 Å². The number of aromatic nitrogens is 2. The van der Waals surface area contributed by atoms with Gasteiger partial charge in [0.1, 0.15) is 6.07 Å². The highest BCUT2D eigenvalue weighted by molar-refractivity contribution is 5.21. The molecule has 0 aliphatic carbocycles. The third kappa shape index (κ3) is 2.31. The van der Waals surface area contributed by atoms with Gasteiger partial charge < -0.3 is 0 Å². The smallest absolute Gasteiger partial charge is 0.102 e. The van der Waals surface area contributed by atoms with Crippen LogP contribution in [0, 0.1) is 11.3 Å². The maximum atomic E-state index is 8.25. The summed E-state index contributed by atoms with van der Waals surface area (Å²) in [5, 5.41) is 12.0. The molecule has 0 atom stereocenters. The molecule has 0 saturated carbocycles. The minimum Gasteiger partial charge on any atom is -0.274 e. The Hall–Kier alpha value is -1.30. The average Bonchev–Trinajstić information content (AvgIpc) is 2.40. The first-order valence-electron chi connectivity index (χ1n) is 3.21. The molecule has 0 aromatic carbocycles. The number of nitrogens with zero attached hydrogens (tertiary/aromatic N) is 3. The van der Waals surface area contributed by atoms with Crippen molar-refractivity contribution in [1.29, 1.82) is 5.26 Å². The van der Waals surface area contributed by atoms with Crippen LogP contribution in [-0.2, 0) is 7.05 Å². The summed E-state index contributed by atoms with van der Waals surface area (Å²) >= 11 is 0. The van der Waals surface area contributed by atoms with E-state index in [0.29, 0.717) is 5.56 Å². The van der Waals surface area contributed by atoms with E-state index < -0.39 is 0 Å². The molecule has 3 nitrogen and oxygen atoms in total. The first-order chi connectivity index (χ1) is 4.83. The molecule has 0 spiro atoms. The van der Waals surface area contributed by atoms with Crippen molar-refractivity contribution in [2.75, 3.05) is 0 Å². The van der Waals surface area contributed by atoms with Crippen LogP contribution in [0.2, 0.25) is 0 Å². The minimum atomic E-state index is 0.604. The molecule has 3 heteroatoms. The van der Waals surface area contributed by atoms with Crippen molar-refractivity contribution in [3.05, 3.63) is 18.0 Å². The monoisotopic (exact) mass is 137 g/mol. The van der Waals surface area contributed by atoms with E-state index in [4.69, 9.17) is 5.26 Å². The van der Waals surface area contributed by atoms with Crippen LogP contribution in [0.15, 0.2) is 12.4 Å². The van der Waals surface area contributed by atoms with E-state index in [2.05, 4.69) is 5.10 Å². The molecule has 0 bridgehead atoms. The highest BCUT2D eigenvalue weighted by atomic mass is 15.2. The van der Waals surface area contributed by atoms with Gasteiger partial charge in [-0.2, -0.15) is 10.4 Å². The second-order valence-corrected chi connectivity index (χ2v) is 1.51. The van der Waals surface area contributed by atoms with Crippen LogP contribution in [0.4, 0.5) is 0 Å². The van der Waals surface area contributed by atoms with Crippen molar-refractivity contribution >= 4 is 0 Å². The normalized spacial score (nSPS) is 7.40. The van der Waals surface area contributed by atoms with Crippen molar-refractivity contribution in [3.8, 4) is 6.07 Å². The first-order valence-corrected chi connectivity index (χ1v) is 3.21. The van der Waals surface area contributed by atoms with Gasteiger partial charge >= 0.3 is 0 Å². The Labute approximate surface area is 60.9 Å². The van der Waals surface area contributed by atoms with E-state index in [-0.39, 0.29) is 0 Å². The Balaban J connectivity index is 0.000000371. The number of rotatable bonds is 0. The predicted molar refractivity (Wildman–Crippen MR) is 39.3 cm³/mol. The Kier molecular flexibility index (Phi) is 3.97. The molecule has 0 saturated heterocycles. The number of hydrogen-bond donors (Lipinski definition) is 0. The third-order valence-corrected chi connectivity index (χ3v) is 0.834. The lowest BCUT2D eigenvalue weighted by molar-refractivity contribution is 0.767. The molecular formula is C7H11N3. The molecule has 0 radical (unpaired) electrons. The van der Waals surface area contributed by atoms with Crippen LogP contribution in [0.1, 0.15) is 19.4 Å². The van der Waals surface area contributed by atoms with Crippen molar-refractivity contribution in [3.63, 3.8) is 0 Å². The SMILES string of the molecule is CC.Cn1cc(C#N)cn1. The summed E-state index contributed by atoms with van der Waals surface area (Å²) in [6.07, 6.45) is 3.19. The summed E-state index contributed by atoms with van der Waals surface area (Å²) in [6, 6.07) is 1.96. The fourth-order valence-corrected chi connectivity index (χ4v) is 0.479. The molecular weight excluding hydrogens is 126 g/mol. The molecule has 54 valence electrons. The summed E-state index contributed by atoms with van der Waals surface area (Å²) in [5.74, 6) is 0. The average molecular weight is 137 g/mol. The van der Waals surface area contributed by atoms with Gasteiger partial charge in [0.15, 0.2) is 0 Å². The molecule has 0 amide bonds. The second-order valence-electron chi connectivity index (χ2n) is 1.51. The van der Waals surface area contributed by atoms with E-state index in [0.717, 1.165) is 0 Å². The summed E-state index contributed by atoms with van der Waals surface area (Å²) in [4.78, 5) is 0. The van der Waals surface area contributed by atoms with Gasteiger partial charge in [-0.15, -0.1) is 0 Å². The lowest BCUT2D eigenvalue weighted by atomic mass is 10.4. The van der Waals surface area contributed by atoms with Crippen molar-refractivity contribution in [2.45, 2.75) is 13.8 Å². The summed E-state index contributed by atoms with van der Waals surface area (Å²) in [5.41, 5.74) is 0.604. The Morgan fingerprint density at radius 1 is 1.60 bits per heavy atom. The zero-order chi connectivity index (χ0) is 7.98. The van der Waals surface area contributed by atoms with Gasteiger partial charge in [0.25, 0.3) is 0 Å². The summed E-state index contributed by atoms with van der Waals surface area (Å²) in [7, 11) is 1.78. The van der Waals surface area contributed by atoms with E-state index in [1.165, 1.54) is 6.20 Å². The van der Waals surface area contributed by atoms with E-state index in [9.17, 15) is 0 Å². The van der Waals surface area contributed by atoms with Gasteiger partial charge in [-0.1, -0.05) is 13.8 Å². The Morgan fingerprint density at radius 3 is 2.40 bits per heavy atom. The van der Waals surface area contributed by atoms with Crippen molar-refractivity contribution < 1.29 is 0 Å². The van der Waals surface area contributed by atoms with Crippen LogP contribution in [0.3, 0.4) is 0 Å². The van der Waals surface area contributed by atoms with Crippen LogP contribution < -0.4 is 0 Å². The second kappa shape index (κ2) is 4.57.